The van der Waals surface area contributed by atoms with Gasteiger partial charge in [0.25, 0.3) is 0 Å². The first kappa shape index (κ1) is 21.2. The van der Waals surface area contributed by atoms with Gasteiger partial charge in [-0.25, -0.2) is 8.42 Å². The zero-order valence-corrected chi connectivity index (χ0v) is 17.9. The van der Waals surface area contributed by atoms with Crippen molar-refractivity contribution >= 4 is 44.8 Å². The van der Waals surface area contributed by atoms with Gasteiger partial charge < -0.3 is 15.4 Å². The largest absolute Gasteiger partial charge is 0.495 e. The molecule has 0 bridgehead atoms. The van der Waals surface area contributed by atoms with Crippen molar-refractivity contribution in [3.8, 4) is 5.75 Å². The van der Waals surface area contributed by atoms with Gasteiger partial charge in [-0.05, 0) is 42.8 Å². The molecule has 1 heterocycles. The Balaban J connectivity index is 1.75. The Bertz CT molecular complexity index is 1070. The van der Waals surface area contributed by atoms with E-state index in [0.717, 1.165) is 10.5 Å². The third kappa shape index (κ3) is 4.91. The van der Waals surface area contributed by atoms with Crippen LogP contribution >= 0.6 is 11.8 Å². The molecule has 0 fully saturated rings. The summed E-state index contributed by atoms with van der Waals surface area (Å²) in [5.74, 6) is -0.922. The highest BCUT2D eigenvalue weighted by molar-refractivity contribution is 8.00. The Morgan fingerprint density at radius 3 is 2.76 bits per heavy atom. The summed E-state index contributed by atoms with van der Waals surface area (Å²) in [5, 5.41) is 5.42. The summed E-state index contributed by atoms with van der Waals surface area (Å²) in [6, 6.07) is 9.99. The van der Waals surface area contributed by atoms with Crippen LogP contribution in [0.1, 0.15) is 12.5 Å². The van der Waals surface area contributed by atoms with E-state index in [0.29, 0.717) is 22.9 Å². The van der Waals surface area contributed by atoms with Crippen molar-refractivity contribution in [2.24, 2.45) is 5.92 Å². The van der Waals surface area contributed by atoms with E-state index < -0.39 is 21.7 Å². The average Bonchev–Trinajstić information content (AvgIpc) is 2.67. The van der Waals surface area contributed by atoms with Gasteiger partial charge in [0.1, 0.15) is 5.75 Å². The van der Waals surface area contributed by atoms with Crippen LogP contribution in [0.4, 0.5) is 11.4 Å². The third-order valence-electron chi connectivity index (χ3n) is 4.47. The Hall–Kier alpha value is -2.52. The van der Waals surface area contributed by atoms with E-state index in [1.165, 1.54) is 31.0 Å². The molecule has 0 spiro atoms. The first-order chi connectivity index (χ1) is 13.7. The Morgan fingerprint density at radius 1 is 1.28 bits per heavy atom. The maximum atomic E-state index is 12.8. The Morgan fingerprint density at radius 2 is 2.03 bits per heavy atom. The molecule has 1 aliphatic rings. The molecule has 1 atom stereocenters. The zero-order valence-electron chi connectivity index (χ0n) is 16.3. The van der Waals surface area contributed by atoms with Crippen molar-refractivity contribution in [1.29, 1.82) is 0 Å². The number of carbonyl (C=O) groups excluding carboxylic acids is 2. The minimum atomic E-state index is -3.72. The van der Waals surface area contributed by atoms with Crippen LogP contribution in [0.5, 0.6) is 5.75 Å². The summed E-state index contributed by atoms with van der Waals surface area (Å²) in [6.45, 7) is 3.45. The second-order valence-corrected chi connectivity index (χ2v) is 9.92. The summed E-state index contributed by atoms with van der Waals surface area (Å²) >= 11 is 1.36. The molecule has 154 valence electrons. The number of amides is 2. The number of thioether (sulfide) groups is 1. The molecule has 2 N–H and O–H groups in total. The fraction of sp³-hybridized carbons (Fsp3) is 0.300. The molecule has 0 saturated heterocycles. The summed E-state index contributed by atoms with van der Waals surface area (Å²) in [4.78, 5) is 25.0. The van der Waals surface area contributed by atoms with Crippen molar-refractivity contribution in [2.75, 3.05) is 29.2 Å². The zero-order chi connectivity index (χ0) is 21.2. The van der Waals surface area contributed by atoms with E-state index >= 15 is 0 Å². The molecule has 2 amide bonds. The molecule has 0 radical (unpaired) electrons. The normalized spacial score (nSPS) is 14.5. The second-order valence-electron chi connectivity index (χ2n) is 6.87. The maximum absolute atomic E-state index is 12.8. The molecule has 0 aliphatic carbocycles. The molecule has 1 aliphatic heterocycles. The van der Waals surface area contributed by atoms with Crippen LogP contribution < -0.4 is 15.4 Å². The molecule has 2 aromatic carbocycles. The lowest BCUT2D eigenvalue weighted by Gasteiger charge is -2.18. The standard InChI is InChI=1S/C20H22N2O5S2/c1-12-4-6-17(27-3)15(8-12)22-20(24)13(2)11-29(25,26)14-5-7-18-16(9-14)21-19(23)10-28-18/h4-9,13H,10-11H2,1-3H3,(H,21,23)(H,22,24)/t13-/m1/s1. The minimum Gasteiger partial charge on any atom is -0.495 e. The summed E-state index contributed by atoms with van der Waals surface area (Å²) in [5.41, 5.74) is 1.92. The molecular weight excluding hydrogens is 412 g/mol. The van der Waals surface area contributed by atoms with Crippen molar-refractivity contribution in [2.45, 2.75) is 23.6 Å². The van der Waals surface area contributed by atoms with Gasteiger partial charge in [-0.2, -0.15) is 0 Å². The van der Waals surface area contributed by atoms with Gasteiger partial charge in [0, 0.05) is 10.8 Å². The molecule has 29 heavy (non-hydrogen) atoms. The number of aryl methyl sites for hydroxylation is 1. The van der Waals surface area contributed by atoms with E-state index in [2.05, 4.69) is 10.6 Å². The first-order valence-corrected chi connectivity index (χ1v) is 11.6. The van der Waals surface area contributed by atoms with E-state index in [1.807, 2.05) is 13.0 Å². The molecule has 0 unspecified atom stereocenters. The van der Waals surface area contributed by atoms with Crippen LogP contribution in [0.15, 0.2) is 46.2 Å². The average molecular weight is 435 g/mol. The Kier molecular flexibility index (Phi) is 6.18. The number of fused-ring (bicyclic) bond motifs is 1. The van der Waals surface area contributed by atoms with E-state index in [1.54, 1.807) is 25.1 Å². The molecule has 7 nitrogen and oxygen atoms in total. The van der Waals surface area contributed by atoms with Crippen molar-refractivity contribution in [3.63, 3.8) is 0 Å². The SMILES string of the molecule is COc1ccc(C)cc1NC(=O)[C@H](C)CS(=O)(=O)c1ccc2c(c1)NC(=O)CS2. The fourth-order valence-electron chi connectivity index (χ4n) is 2.93. The number of nitrogens with one attached hydrogen (secondary N) is 2. The summed E-state index contributed by atoms with van der Waals surface area (Å²) in [6.07, 6.45) is 0. The highest BCUT2D eigenvalue weighted by Crippen LogP contribution is 2.33. The van der Waals surface area contributed by atoms with Crippen LogP contribution in [0.25, 0.3) is 0 Å². The third-order valence-corrected chi connectivity index (χ3v) is 7.46. The van der Waals surface area contributed by atoms with Crippen molar-refractivity contribution in [1.82, 2.24) is 0 Å². The number of hydrogen-bond acceptors (Lipinski definition) is 6. The Labute approximate surface area is 174 Å². The lowest BCUT2D eigenvalue weighted by atomic mass is 10.1. The maximum Gasteiger partial charge on any atom is 0.234 e. The molecular formula is C20H22N2O5S2. The van der Waals surface area contributed by atoms with E-state index in [-0.39, 0.29) is 16.6 Å². The number of rotatable bonds is 6. The van der Waals surface area contributed by atoms with Crippen molar-refractivity contribution in [3.05, 3.63) is 42.0 Å². The highest BCUT2D eigenvalue weighted by atomic mass is 32.2. The second kappa shape index (κ2) is 8.46. The fourth-order valence-corrected chi connectivity index (χ4v) is 5.30. The predicted octanol–water partition coefficient (Wildman–Crippen LogP) is 3.10. The van der Waals surface area contributed by atoms with Gasteiger partial charge in [-0.3, -0.25) is 9.59 Å². The summed E-state index contributed by atoms with van der Waals surface area (Å²) in [7, 11) is -2.22. The molecule has 0 saturated carbocycles. The predicted molar refractivity (Wildman–Crippen MR) is 113 cm³/mol. The first-order valence-electron chi connectivity index (χ1n) is 8.94. The van der Waals surface area contributed by atoms with Gasteiger partial charge in [-0.1, -0.05) is 13.0 Å². The summed E-state index contributed by atoms with van der Waals surface area (Å²) < 4.78 is 30.9. The molecule has 0 aromatic heterocycles. The van der Waals surface area contributed by atoms with Gasteiger partial charge in [0.05, 0.1) is 34.9 Å². The lowest BCUT2D eigenvalue weighted by Crippen LogP contribution is -2.27. The van der Waals surface area contributed by atoms with Crippen LogP contribution in [0.3, 0.4) is 0 Å². The van der Waals surface area contributed by atoms with Crippen LogP contribution in [0, 0.1) is 12.8 Å². The van der Waals surface area contributed by atoms with Gasteiger partial charge in [0.2, 0.25) is 11.8 Å². The quantitative estimate of drug-likeness (QED) is 0.724. The number of methoxy groups -OCH3 is 1. The topological polar surface area (TPSA) is 102 Å². The van der Waals surface area contributed by atoms with Gasteiger partial charge in [-0.15, -0.1) is 11.8 Å². The monoisotopic (exact) mass is 434 g/mol. The minimum absolute atomic E-state index is 0.0758. The highest BCUT2D eigenvalue weighted by Gasteiger charge is 2.26. The van der Waals surface area contributed by atoms with Gasteiger partial charge in [0.15, 0.2) is 9.84 Å². The van der Waals surface area contributed by atoms with E-state index in [4.69, 9.17) is 4.74 Å². The number of carbonyl (C=O) groups is 2. The van der Waals surface area contributed by atoms with Crippen LogP contribution in [-0.2, 0) is 19.4 Å². The van der Waals surface area contributed by atoms with Crippen molar-refractivity contribution < 1.29 is 22.7 Å². The van der Waals surface area contributed by atoms with Gasteiger partial charge >= 0.3 is 0 Å². The smallest absolute Gasteiger partial charge is 0.234 e. The van der Waals surface area contributed by atoms with Crippen LogP contribution in [-0.4, -0.2) is 38.8 Å². The molecule has 2 aromatic rings. The molecule has 9 heteroatoms. The number of benzene rings is 2. The number of sulfone groups is 1. The number of hydrogen-bond donors (Lipinski definition) is 2. The lowest BCUT2D eigenvalue weighted by molar-refractivity contribution is -0.118. The number of anilines is 2. The van der Waals surface area contributed by atoms with Crippen LogP contribution in [0.2, 0.25) is 0 Å². The number of ether oxygens (including phenoxy) is 1. The molecule has 3 rings (SSSR count). The van der Waals surface area contributed by atoms with E-state index in [9.17, 15) is 18.0 Å².